The van der Waals surface area contributed by atoms with E-state index in [2.05, 4.69) is 75.3 Å². The summed E-state index contributed by atoms with van der Waals surface area (Å²) in [7, 11) is -3.71. The molecule has 2 unspecified atom stereocenters. The Morgan fingerprint density at radius 1 is 1.03 bits per heavy atom. The summed E-state index contributed by atoms with van der Waals surface area (Å²) in [5.41, 5.74) is 5.87. The zero-order valence-corrected chi connectivity index (χ0v) is 23.7. The topological polar surface area (TPSA) is 84.9 Å². The fourth-order valence-corrected chi connectivity index (χ4v) is 6.45. The van der Waals surface area contributed by atoms with Crippen LogP contribution in [0.25, 0.3) is 0 Å². The van der Waals surface area contributed by atoms with Gasteiger partial charge in [0.1, 0.15) is 12.0 Å². The molecule has 1 fully saturated rings. The van der Waals surface area contributed by atoms with Crippen LogP contribution in [0.3, 0.4) is 0 Å². The van der Waals surface area contributed by atoms with E-state index >= 15 is 0 Å². The minimum Gasteiger partial charge on any atom is -0.378 e. The van der Waals surface area contributed by atoms with Gasteiger partial charge in [0, 0.05) is 48.8 Å². The highest BCUT2D eigenvalue weighted by molar-refractivity contribution is 7.88. The molecule has 2 atom stereocenters. The number of piperazine rings is 1. The maximum absolute atomic E-state index is 14.6. The summed E-state index contributed by atoms with van der Waals surface area (Å²) in [6.45, 7) is 9.96. The molecule has 0 bridgehead atoms. The maximum Gasteiger partial charge on any atom is 0.211 e. The Balaban J connectivity index is 1.39. The number of rotatable bonds is 6. The number of benzene rings is 3. The van der Waals surface area contributed by atoms with Gasteiger partial charge in [0.25, 0.3) is 0 Å². The highest BCUT2D eigenvalue weighted by atomic mass is 32.2. The third-order valence-corrected chi connectivity index (χ3v) is 8.54. The smallest absolute Gasteiger partial charge is 0.211 e. The Kier molecular flexibility index (Phi) is 7.35. The minimum atomic E-state index is -3.71. The molecule has 1 saturated heterocycles. The SMILES string of the molecule is Cc1ccccc1N1CCN(c2cccc(C3CC(C)(C)c4cc(F)cc(C(O)NS(C)(=O)=O)c4N3)c2)CC1. The summed E-state index contributed by atoms with van der Waals surface area (Å²) >= 11 is 0. The van der Waals surface area contributed by atoms with E-state index in [4.69, 9.17) is 0 Å². The quantitative estimate of drug-likeness (QED) is 0.380. The molecule has 39 heavy (non-hydrogen) atoms. The second-order valence-corrected chi connectivity index (χ2v) is 13.1. The van der Waals surface area contributed by atoms with Gasteiger partial charge in [-0.3, -0.25) is 0 Å². The van der Waals surface area contributed by atoms with E-state index in [-0.39, 0.29) is 11.6 Å². The van der Waals surface area contributed by atoms with E-state index in [1.165, 1.54) is 23.4 Å². The van der Waals surface area contributed by atoms with Crippen molar-refractivity contribution < 1.29 is 17.9 Å². The predicted molar refractivity (Wildman–Crippen MR) is 155 cm³/mol. The Morgan fingerprint density at radius 3 is 2.41 bits per heavy atom. The number of aliphatic hydroxyl groups is 1. The fourth-order valence-electron chi connectivity index (χ4n) is 5.91. The van der Waals surface area contributed by atoms with E-state index in [1.54, 1.807) is 0 Å². The van der Waals surface area contributed by atoms with Crippen molar-refractivity contribution in [1.82, 2.24) is 4.72 Å². The monoisotopic (exact) mass is 552 g/mol. The Morgan fingerprint density at radius 2 is 1.72 bits per heavy atom. The van der Waals surface area contributed by atoms with E-state index < -0.39 is 27.5 Å². The van der Waals surface area contributed by atoms with Crippen LogP contribution < -0.4 is 19.8 Å². The van der Waals surface area contributed by atoms with Crippen LogP contribution in [-0.2, 0) is 15.4 Å². The number of nitrogens with zero attached hydrogens (tertiary/aromatic N) is 2. The van der Waals surface area contributed by atoms with Gasteiger partial charge >= 0.3 is 0 Å². The number of halogens is 1. The van der Waals surface area contributed by atoms with Gasteiger partial charge in [-0.15, -0.1) is 0 Å². The molecule has 2 aliphatic heterocycles. The van der Waals surface area contributed by atoms with Gasteiger partial charge in [0.15, 0.2) is 0 Å². The molecule has 0 aliphatic carbocycles. The number of hydrogen-bond donors (Lipinski definition) is 3. The lowest BCUT2D eigenvalue weighted by atomic mass is 9.73. The standard InChI is InChI=1S/C30H37FN4O3S/c1-20-8-5-6-11-27(20)35-14-12-34(13-15-35)23-10-7-9-21(16-23)26-19-30(2,3)25-18-22(31)17-24(28(25)32-26)29(36)33-39(4,37)38/h5-11,16-18,26,29,32-33,36H,12-15,19H2,1-4H3. The van der Waals surface area contributed by atoms with Crippen molar-refractivity contribution in [2.75, 3.05) is 47.6 Å². The highest BCUT2D eigenvalue weighted by Gasteiger charge is 2.37. The molecule has 0 saturated carbocycles. The van der Waals surface area contributed by atoms with Crippen LogP contribution in [0.1, 0.15) is 54.8 Å². The number of aryl methyl sites for hydroxylation is 1. The third kappa shape index (κ3) is 5.90. The Bertz CT molecular complexity index is 1470. The Hall–Kier alpha value is -3.14. The maximum atomic E-state index is 14.6. The number of sulfonamides is 1. The van der Waals surface area contributed by atoms with Crippen LogP contribution in [-0.4, -0.2) is 46.0 Å². The summed E-state index contributed by atoms with van der Waals surface area (Å²) in [6, 6.07) is 19.5. The lowest BCUT2D eigenvalue weighted by molar-refractivity contribution is 0.166. The van der Waals surface area contributed by atoms with Gasteiger partial charge in [-0.1, -0.05) is 44.2 Å². The summed E-state index contributed by atoms with van der Waals surface area (Å²) in [5, 5.41) is 14.2. The molecule has 208 valence electrons. The van der Waals surface area contributed by atoms with Crippen LogP contribution in [0, 0.1) is 12.7 Å². The summed E-state index contributed by atoms with van der Waals surface area (Å²) < 4.78 is 40.4. The molecule has 0 radical (unpaired) electrons. The molecule has 3 N–H and O–H groups in total. The highest BCUT2D eigenvalue weighted by Crippen LogP contribution is 2.47. The first-order valence-electron chi connectivity index (χ1n) is 13.3. The largest absolute Gasteiger partial charge is 0.378 e. The van der Waals surface area contributed by atoms with Gasteiger partial charge in [-0.2, -0.15) is 4.72 Å². The Labute approximate surface area is 230 Å². The lowest BCUT2D eigenvalue weighted by Gasteiger charge is -2.41. The van der Waals surface area contributed by atoms with Crippen molar-refractivity contribution in [2.45, 2.75) is 44.9 Å². The average molecular weight is 553 g/mol. The first-order chi connectivity index (χ1) is 18.4. The van der Waals surface area contributed by atoms with Crippen molar-refractivity contribution in [1.29, 1.82) is 0 Å². The van der Waals surface area contributed by atoms with Crippen molar-refractivity contribution in [3.05, 3.63) is 88.7 Å². The van der Waals surface area contributed by atoms with Crippen molar-refractivity contribution in [3.63, 3.8) is 0 Å². The predicted octanol–water partition coefficient (Wildman–Crippen LogP) is 4.84. The molecule has 2 heterocycles. The molecular formula is C30H37FN4O3S. The molecule has 2 aliphatic rings. The average Bonchev–Trinajstić information content (AvgIpc) is 2.88. The van der Waals surface area contributed by atoms with Crippen LogP contribution in [0.15, 0.2) is 60.7 Å². The number of aliphatic hydroxyl groups excluding tert-OH is 1. The summed E-state index contributed by atoms with van der Waals surface area (Å²) in [5.74, 6) is -0.515. The molecule has 3 aromatic carbocycles. The van der Waals surface area contributed by atoms with Crippen LogP contribution >= 0.6 is 0 Å². The number of fused-ring (bicyclic) bond motifs is 1. The van der Waals surface area contributed by atoms with Gasteiger partial charge in [0.05, 0.1) is 12.3 Å². The number of nitrogens with one attached hydrogen (secondary N) is 2. The summed E-state index contributed by atoms with van der Waals surface area (Å²) in [4.78, 5) is 4.84. The zero-order chi connectivity index (χ0) is 27.9. The van der Waals surface area contributed by atoms with E-state index in [9.17, 15) is 17.9 Å². The van der Waals surface area contributed by atoms with Crippen LogP contribution in [0.5, 0.6) is 0 Å². The molecular weight excluding hydrogens is 515 g/mol. The van der Waals surface area contributed by atoms with Gasteiger partial charge in [0.2, 0.25) is 10.0 Å². The molecule has 3 aromatic rings. The van der Waals surface area contributed by atoms with Crippen LogP contribution in [0.2, 0.25) is 0 Å². The molecule has 5 rings (SSSR count). The minimum absolute atomic E-state index is 0.102. The number of anilines is 3. The van der Waals surface area contributed by atoms with E-state index in [0.29, 0.717) is 17.7 Å². The van der Waals surface area contributed by atoms with Crippen molar-refractivity contribution >= 4 is 27.1 Å². The fraction of sp³-hybridized carbons (Fsp3) is 0.400. The normalized spacial score (nSPS) is 19.8. The number of para-hydroxylation sites is 1. The first-order valence-corrected chi connectivity index (χ1v) is 15.2. The summed E-state index contributed by atoms with van der Waals surface area (Å²) in [6.07, 6.45) is 0.111. The van der Waals surface area contributed by atoms with Crippen molar-refractivity contribution in [2.24, 2.45) is 0 Å². The first kappa shape index (κ1) is 27.4. The van der Waals surface area contributed by atoms with Gasteiger partial charge in [-0.25, -0.2) is 12.8 Å². The number of hydrogen-bond acceptors (Lipinski definition) is 6. The van der Waals surface area contributed by atoms with Gasteiger partial charge < -0.3 is 20.2 Å². The zero-order valence-electron chi connectivity index (χ0n) is 22.9. The molecule has 9 heteroatoms. The second kappa shape index (κ2) is 10.4. The third-order valence-electron chi connectivity index (χ3n) is 7.89. The lowest BCUT2D eigenvalue weighted by Crippen LogP contribution is -2.46. The van der Waals surface area contributed by atoms with Gasteiger partial charge in [-0.05, 0) is 65.8 Å². The second-order valence-electron chi connectivity index (χ2n) is 11.4. The van der Waals surface area contributed by atoms with E-state index in [1.807, 2.05) is 13.8 Å². The molecule has 7 nitrogen and oxygen atoms in total. The van der Waals surface area contributed by atoms with E-state index in [0.717, 1.165) is 43.7 Å². The molecule has 0 aromatic heterocycles. The van der Waals surface area contributed by atoms with Crippen molar-refractivity contribution in [3.8, 4) is 0 Å². The molecule has 0 spiro atoms. The molecule has 0 amide bonds. The van der Waals surface area contributed by atoms with Crippen LogP contribution in [0.4, 0.5) is 21.5 Å².